The third kappa shape index (κ3) is 1.26. The van der Waals surface area contributed by atoms with Gasteiger partial charge in [0.15, 0.2) is 0 Å². The number of hydrogen-bond acceptors (Lipinski definition) is 4. The van der Waals surface area contributed by atoms with Crippen LogP contribution in [0.15, 0.2) is 48.5 Å². The van der Waals surface area contributed by atoms with E-state index in [-0.39, 0.29) is 11.7 Å². The van der Waals surface area contributed by atoms with Crippen LogP contribution in [0.4, 0.5) is 0 Å². The maximum atomic E-state index is 13.0. The van der Waals surface area contributed by atoms with E-state index in [9.17, 15) is 14.4 Å². The Morgan fingerprint density at radius 2 is 1.46 bits per heavy atom. The van der Waals surface area contributed by atoms with Gasteiger partial charge >= 0.3 is 11.9 Å². The summed E-state index contributed by atoms with van der Waals surface area (Å²) in [7, 11) is 0. The quantitative estimate of drug-likeness (QED) is 0.598. The SMILES string of the molecule is CC(=O)C12c3ccccc3C(c3ccccc31)[C@H]1C(=O)OC(=O)[C@H]12. The standard InChI is InChI=1S/C20H14O4/c1-10(21)20-13-8-4-2-6-11(13)15(12-7-3-5-9-14(12)20)16-17(20)19(23)24-18(16)22/h2-9,15-17H,1H3/t15?,16-,17+,20?/m1/s1. The number of benzene rings is 2. The van der Waals surface area contributed by atoms with Crippen LogP contribution < -0.4 is 0 Å². The fourth-order valence-electron chi connectivity index (χ4n) is 5.18. The van der Waals surface area contributed by atoms with E-state index < -0.39 is 29.2 Å². The number of carbonyl (C=O) groups is 3. The molecule has 2 bridgehead atoms. The molecule has 0 amide bonds. The van der Waals surface area contributed by atoms with E-state index in [0.29, 0.717) is 0 Å². The molecule has 1 saturated heterocycles. The highest BCUT2D eigenvalue weighted by molar-refractivity contribution is 6.08. The second kappa shape index (κ2) is 4.20. The van der Waals surface area contributed by atoms with Crippen molar-refractivity contribution in [3.8, 4) is 0 Å². The maximum Gasteiger partial charge on any atom is 0.319 e. The number of ketones is 1. The Hall–Kier alpha value is -2.75. The molecular formula is C20H14O4. The van der Waals surface area contributed by atoms with Gasteiger partial charge in [0.25, 0.3) is 0 Å². The molecule has 24 heavy (non-hydrogen) atoms. The average Bonchev–Trinajstić information content (AvgIpc) is 2.90. The smallest absolute Gasteiger partial charge is 0.319 e. The molecule has 1 heterocycles. The zero-order valence-electron chi connectivity index (χ0n) is 13.0. The number of esters is 2. The van der Waals surface area contributed by atoms with E-state index in [0.717, 1.165) is 22.3 Å². The minimum absolute atomic E-state index is 0.123. The first-order valence-corrected chi connectivity index (χ1v) is 8.04. The summed E-state index contributed by atoms with van der Waals surface area (Å²) in [5.74, 6) is -2.83. The first kappa shape index (κ1) is 13.7. The summed E-state index contributed by atoms with van der Waals surface area (Å²) in [6, 6.07) is 15.3. The second-order valence-electron chi connectivity index (χ2n) is 6.76. The van der Waals surface area contributed by atoms with E-state index in [1.165, 1.54) is 6.92 Å². The highest BCUT2D eigenvalue weighted by Crippen LogP contribution is 2.63. The first-order valence-electron chi connectivity index (χ1n) is 8.04. The van der Waals surface area contributed by atoms with Crippen molar-refractivity contribution in [2.45, 2.75) is 18.3 Å². The van der Waals surface area contributed by atoms with Gasteiger partial charge in [0.1, 0.15) is 5.78 Å². The van der Waals surface area contributed by atoms with Gasteiger partial charge in [0.2, 0.25) is 0 Å². The molecule has 4 aliphatic rings. The Balaban J connectivity index is 1.99. The molecule has 1 aliphatic heterocycles. The number of cyclic esters (lactones) is 2. The fourth-order valence-corrected chi connectivity index (χ4v) is 5.18. The minimum Gasteiger partial charge on any atom is -0.393 e. The Morgan fingerprint density at radius 3 is 2.00 bits per heavy atom. The van der Waals surface area contributed by atoms with E-state index >= 15 is 0 Å². The lowest BCUT2D eigenvalue weighted by Crippen LogP contribution is -2.57. The zero-order valence-corrected chi connectivity index (χ0v) is 13.0. The second-order valence-corrected chi connectivity index (χ2v) is 6.76. The number of Topliss-reactive ketones (excluding diaryl/α,β-unsaturated/α-hetero) is 1. The summed E-state index contributed by atoms with van der Waals surface area (Å²) in [5, 5.41) is 0. The summed E-state index contributed by atoms with van der Waals surface area (Å²) < 4.78 is 5.00. The Kier molecular flexibility index (Phi) is 2.39. The molecule has 2 aromatic carbocycles. The highest BCUT2D eigenvalue weighted by Gasteiger charge is 2.69. The molecule has 0 unspecified atom stereocenters. The number of hydrogen-bond donors (Lipinski definition) is 0. The van der Waals surface area contributed by atoms with Crippen LogP contribution in [0.25, 0.3) is 0 Å². The van der Waals surface area contributed by atoms with Crippen molar-refractivity contribution in [1.82, 2.24) is 0 Å². The van der Waals surface area contributed by atoms with Gasteiger partial charge in [-0.05, 0) is 29.2 Å². The number of carbonyl (C=O) groups excluding carboxylic acids is 3. The molecule has 0 spiro atoms. The van der Waals surface area contributed by atoms with Gasteiger partial charge < -0.3 is 4.74 Å². The highest BCUT2D eigenvalue weighted by atomic mass is 16.6. The summed E-state index contributed by atoms with van der Waals surface area (Å²) in [6.07, 6.45) is 0. The molecule has 1 fully saturated rings. The number of ether oxygens (including phenoxy) is 1. The van der Waals surface area contributed by atoms with Gasteiger partial charge in [-0.15, -0.1) is 0 Å². The molecule has 3 aliphatic carbocycles. The van der Waals surface area contributed by atoms with Crippen molar-refractivity contribution in [3.05, 3.63) is 70.8 Å². The maximum absolute atomic E-state index is 13.0. The Morgan fingerprint density at radius 1 is 0.917 bits per heavy atom. The normalized spacial score (nSPS) is 32.0. The van der Waals surface area contributed by atoms with Crippen molar-refractivity contribution in [3.63, 3.8) is 0 Å². The van der Waals surface area contributed by atoms with Gasteiger partial charge in [0, 0.05) is 5.92 Å². The lowest BCUT2D eigenvalue weighted by atomic mass is 9.46. The minimum atomic E-state index is -1.13. The van der Waals surface area contributed by atoms with Crippen molar-refractivity contribution in [2.24, 2.45) is 11.8 Å². The molecule has 0 aromatic heterocycles. The summed E-state index contributed by atoms with van der Waals surface area (Å²) >= 11 is 0. The van der Waals surface area contributed by atoms with Crippen LogP contribution in [-0.4, -0.2) is 17.7 Å². The number of rotatable bonds is 1. The van der Waals surface area contributed by atoms with Crippen LogP contribution in [-0.2, 0) is 24.5 Å². The average molecular weight is 318 g/mol. The van der Waals surface area contributed by atoms with Gasteiger partial charge in [-0.2, -0.15) is 0 Å². The third-order valence-electron chi connectivity index (χ3n) is 5.91. The first-order chi connectivity index (χ1) is 11.6. The molecule has 0 radical (unpaired) electrons. The summed E-state index contributed by atoms with van der Waals surface area (Å²) in [4.78, 5) is 38.0. The van der Waals surface area contributed by atoms with E-state index in [1.807, 2.05) is 48.5 Å². The molecule has 6 rings (SSSR count). The van der Waals surface area contributed by atoms with Crippen LogP contribution >= 0.6 is 0 Å². The lowest BCUT2D eigenvalue weighted by molar-refractivity contribution is -0.154. The van der Waals surface area contributed by atoms with Crippen LogP contribution in [0.3, 0.4) is 0 Å². The van der Waals surface area contributed by atoms with Crippen molar-refractivity contribution >= 4 is 17.7 Å². The molecule has 4 heteroatoms. The van der Waals surface area contributed by atoms with Crippen LogP contribution in [0.1, 0.15) is 35.1 Å². The largest absolute Gasteiger partial charge is 0.393 e. The monoisotopic (exact) mass is 318 g/mol. The third-order valence-corrected chi connectivity index (χ3v) is 5.91. The van der Waals surface area contributed by atoms with Crippen LogP contribution in [0.5, 0.6) is 0 Å². The topological polar surface area (TPSA) is 60.4 Å². The summed E-state index contributed by atoms with van der Waals surface area (Å²) in [5.41, 5.74) is 2.47. The fraction of sp³-hybridized carbons (Fsp3) is 0.250. The van der Waals surface area contributed by atoms with Gasteiger partial charge in [-0.1, -0.05) is 48.5 Å². The molecule has 2 aromatic rings. The van der Waals surface area contributed by atoms with Gasteiger partial charge in [-0.25, -0.2) is 0 Å². The van der Waals surface area contributed by atoms with Crippen molar-refractivity contribution in [1.29, 1.82) is 0 Å². The zero-order chi connectivity index (χ0) is 16.6. The molecule has 0 N–H and O–H groups in total. The Labute approximate surface area is 138 Å². The van der Waals surface area contributed by atoms with Crippen molar-refractivity contribution < 1.29 is 19.1 Å². The van der Waals surface area contributed by atoms with Gasteiger partial charge in [0.05, 0.1) is 17.3 Å². The van der Waals surface area contributed by atoms with E-state index in [2.05, 4.69) is 0 Å². The lowest BCUT2D eigenvalue weighted by Gasteiger charge is -2.52. The van der Waals surface area contributed by atoms with Crippen LogP contribution in [0, 0.1) is 11.8 Å². The van der Waals surface area contributed by atoms with E-state index in [1.54, 1.807) is 0 Å². The van der Waals surface area contributed by atoms with Crippen LogP contribution in [0.2, 0.25) is 0 Å². The Bertz CT molecular complexity index is 895. The predicted octanol–water partition coefficient (Wildman–Crippen LogP) is 2.34. The predicted molar refractivity (Wildman–Crippen MR) is 84.3 cm³/mol. The molecule has 0 saturated carbocycles. The molecule has 4 nitrogen and oxygen atoms in total. The van der Waals surface area contributed by atoms with E-state index in [4.69, 9.17) is 4.74 Å². The molecular weight excluding hydrogens is 304 g/mol. The van der Waals surface area contributed by atoms with Gasteiger partial charge in [-0.3, -0.25) is 14.4 Å². The molecule has 118 valence electrons. The molecule has 2 atom stereocenters. The summed E-state index contributed by atoms with van der Waals surface area (Å²) in [6.45, 7) is 1.51. The van der Waals surface area contributed by atoms with Crippen molar-refractivity contribution in [2.75, 3.05) is 0 Å².